The van der Waals surface area contributed by atoms with Gasteiger partial charge in [-0.15, -0.1) is 0 Å². The summed E-state index contributed by atoms with van der Waals surface area (Å²) in [6.45, 7) is 1.97. The van der Waals surface area contributed by atoms with Crippen molar-refractivity contribution in [2.45, 2.75) is 19.4 Å². The number of amides is 1. The van der Waals surface area contributed by atoms with E-state index in [1.54, 1.807) is 12.1 Å². The lowest BCUT2D eigenvalue weighted by atomic mass is 10.1. The molecule has 0 aliphatic carbocycles. The average molecular weight is 297 g/mol. The first kappa shape index (κ1) is 15.8. The van der Waals surface area contributed by atoms with Gasteiger partial charge in [-0.3, -0.25) is 4.79 Å². The number of benzene rings is 2. The van der Waals surface area contributed by atoms with E-state index in [0.29, 0.717) is 5.56 Å². The lowest BCUT2D eigenvalue weighted by Gasteiger charge is -2.17. The van der Waals surface area contributed by atoms with Gasteiger partial charge in [0.15, 0.2) is 6.04 Å². The van der Waals surface area contributed by atoms with E-state index in [-0.39, 0.29) is 12.3 Å². The number of carbonyl (C=O) groups is 2. The molecule has 1 N–H and O–H groups in total. The molecule has 2 aromatic rings. The second-order valence-corrected chi connectivity index (χ2v) is 5.10. The number of hydrogen-bond acceptors (Lipinski definition) is 3. The Morgan fingerprint density at radius 3 is 2.45 bits per heavy atom. The Labute approximate surface area is 130 Å². The third-order valence-corrected chi connectivity index (χ3v) is 3.32. The van der Waals surface area contributed by atoms with Crippen LogP contribution in [0.4, 0.5) is 0 Å². The maximum Gasteiger partial charge on any atom is 0.333 e. The summed E-state index contributed by atoms with van der Waals surface area (Å²) in [6.07, 6.45) is 0.224. The SMILES string of the molecule is COC(=O)C(NC(=O)Cc1cccc(C)c1)c1ccccc1. The number of rotatable bonds is 5. The minimum absolute atomic E-state index is 0.218. The Morgan fingerprint density at radius 1 is 1.09 bits per heavy atom. The molecule has 1 atom stereocenters. The van der Waals surface area contributed by atoms with Gasteiger partial charge in [-0.2, -0.15) is 0 Å². The number of aryl methyl sites for hydroxylation is 1. The number of methoxy groups -OCH3 is 1. The summed E-state index contributed by atoms with van der Waals surface area (Å²) in [5.41, 5.74) is 2.71. The van der Waals surface area contributed by atoms with Gasteiger partial charge in [0.25, 0.3) is 0 Å². The highest BCUT2D eigenvalue weighted by molar-refractivity contribution is 5.86. The molecule has 0 radical (unpaired) electrons. The Bertz CT molecular complexity index is 652. The van der Waals surface area contributed by atoms with E-state index in [9.17, 15) is 9.59 Å². The fourth-order valence-corrected chi connectivity index (χ4v) is 2.26. The first-order chi connectivity index (χ1) is 10.6. The topological polar surface area (TPSA) is 55.4 Å². The number of ether oxygens (including phenoxy) is 1. The Morgan fingerprint density at radius 2 is 1.82 bits per heavy atom. The van der Waals surface area contributed by atoms with Crippen molar-refractivity contribution in [2.24, 2.45) is 0 Å². The van der Waals surface area contributed by atoms with Crippen LogP contribution in [-0.4, -0.2) is 19.0 Å². The Kier molecular flexibility index (Phi) is 5.31. The van der Waals surface area contributed by atoms with E-state index in [2.05, 4.69) is 5.32 Å². The van der Waals surface area contributed by atoms with Crippen LogP contribution in [0.5, 0.6) is 0 Å². The lowest BCUT2D eigenvalue weighted by molar-refractivity contribution is -0.145. The first-order valence-corrected chi connectivity index (χ1v) is 7.08. The van der Waals surface area contributed by atoms with Crippen molar-refractivity contribution < 1.29 is 14.3 Å². The minimum Gasteiger partial charge on any atom is -0.467 e. The zero-order chi connectivity index (χ0) is 15.9. The summed E-state index contributed by atoms with van der Waals surface area (Å²) in [5.74, 6) is -0.700. The normalized spacial score (nSPS) is 11.5. The first-order valence-electron chi connectivity index (χ1n) is 7.08. The van der Waals surface area contributed by atoms with Crippen LogP contribution in [0.2, 0.25) is 0 Å². The van der Waals surface area contributed by atoms with Gasteiger partial charge in [-0.05, 0) is 18.1 Å². The molecule has 0 bridgehead atoms. The van der Waals surface area contributed by atoms with Crippen molar-refractivity contribution in [3.8, 4) is 0 Å². The monoisotopic (exact) mass is 297 g/mol. The average Bonchev–Trinajstić information content (AvgIpc) is 2.53. The number of esters is 1. The van der Waals surface area contributed by atoms with Crippen LogP contribution < -0.4 is 5.32 Å². The highest BCUT2D eigenvalue weighted by Crippen LogP contribution is 2.14. The Hall–Kier alpha value is -2.62. The van der Waals surface area contributed by atoms with E-state index >= 15 is 0 Å². The van der Waals surface area contributed by atoms with Crippen molar-refractivity contribution >= 4 is 11.9 Å². The van der Waals surface area contributed by atoms with Crippen molar-refractivity contribution in [1.82, 2.24) is 5.32 Å². The molecule has 1 unspecified atom stereocenters. The highest BCUT2D eigenvalue weighted by atomic mass is 16.5. The predicted octanol–water partition coefficient (Wildman–Crippen LogP) is 2.57. The van der Waals surface area contributed by atoms with Crippen molar-refractivity contribution in [3.05, 3.63) is 71.3 Å². The van der Waals surface area contributed by atoms with E-state index in [0.717, 1.165) is 11.1 Å². The van der Waals surface area contributed by atoms with E-state index in [1.165, 1.54) is 7.11 Å². The molecule has 22 heavy (non-hydrogen) atoms. The molecular formula is C18H19NO3. The summed E-state index contributed by atoms with van der Waals surface area (Å²) in [6, 6.07) is 16.0. The second-order valence-electron chi connectivity index (χ2n) is 5.10. The summed E-state index contributed by atoms with van der Waals surface area (Å²) < 4.78 is 4.78. The number of nitrogens with one attached hydrogen (secondary N) is 1. The fourth-order valence-electron chi connectivity index (χ4n) is 2.26. The lowest BCUT2D eigenvalue weighted by Crippen LogP contribution is -2.35. The van der Waals surface area contributed by atoms with Gasteiger partial charge in [0.05, 0.1) is 13.5 Å². The number of carbonyl (C=O) groups excluding carboxylic acids is 2. The van der Waals surface area contributed by atoms with Crippen LogP contribution in [0, 0.1) is 6.92 Å². The maximum atomic E-state index is 12.2. The molecule has 2 aromatic carbocycles. The molecule has 0 aliphatic heterocycles. The van der Waals surface area contributed by atoms with Gasteiger partial charge in [-0.25, -0.2) is 4.79 Å². The van der Waals surface area contributed by atoms with Crippen molar-refractivity contribution in [1.29, 1.82) is 0 Å². The summed E-state index contributed by atoms with van der Waals surface area (Å²) >= 11 is 0. The van der Waals surface area contributed by atoms with E-state index in [4.69, 9.17) is 4.74 Å². The van der Waals surface area contributed by atoms with Gasteiger partial charge in [0, 0.05) is 0 Å². The predicted molar refractivity (Wildman–Crippen MR) is 84.2 cm³/mol. The molecule has 0 saturated carbocycles. The smallest absolute Gasteiger partial charge is 0.333 e. The summed E-state index contributed by atoms with van der Waals surface area (Å²) in [7, 11) is 1.31. The van der Waals surface area contributed by atoms with Gasteiger partial charge in [-0.1, -0.05) is 60.2 Å². The van der Waals surface area contributed by atoms with Crippen LogP contribution in [0.3, 0.4) is 0 Å². The quantitative estimate of drug-likeness (QED) is 0.863. The Balaban J connectivity index is 2.10. The molecule has 0 spiro atoms. The molecule has 2 rings (SSSR count). The summed E-state index contributed by atoms with van der Waals surface area (Å²) in [5, 5.41) is 2.74. The van der Waals surface area contributed by atoms with Gasteiger partial charge in [0.2, 0.25) is 5.91 Å². The highest BCUT2D eigenvalue weighted by Gasteiger charge is 2.23. The molecular weight excluding hydrogens is 278 g/mol. The van der Waals surface area contributed by atoms with Crippen LogP contribution in [0.1, 0.15) is 22.7 Å². The van der Waals surface area contributed by atoms with Crippen molar-refractivity contribution in [3.63, 3.8) is 0 Å². The molecule has 0 aliphatic rings. The summed E-state index contributed by atoms with van der Waals surface area (Å²) in [4.78, 5) is 24.1. The zero-order valence-electron chi connectivity index (χ0n) is 12.7. The van der Waals surface area contributed by atoms with Crippen LogP contribution in [-0.2, 0) is 20.7 Å². The number of hydrogen-bond donors (Lipinski definition) is 1. The molecule has 0 heterocycles. The van der Waals surface area contributed by atoms with Gasteiger partial charge >= 0.3 is 5.97 Å². The van der Waals surface area contributed by atoms with E-state index in [1.807, 2.05) is 49.4 Å². The molecule has 0 fully saturated rings. The molecule has 0 aromatic heterocycles. The molecule has 4 nitrogen and oxygen atoms in total. The molecule has 0 saturated heterocycles. The van der Waals surface area contributed by atoms with Crippen LogP contribution in [0.25, 0.3) is 0 Å². The molecule has 114 valence electrons. The standard InChI is InChI=1S/C18H19NO3/c1-13-7-6-8-14(11-13)12-16(20)19-17(18(21)22-2)15-9-4-3-5-10-15/h3-11,17H,12H2,1-2H3,(H,19,20). The maximum absolute atomic E-state index is 12.2. The molecule has 1 amide bonds. The molecule has 4 heteroatoms. The third kappa shape index (κ3) is 4.19. The fraction of sp³-hybridized carbons (Fsp3) is 0.222. The zero-order valence-corrected chi connectivity index (χ0v) is 12.7. The van der Waals surface area contributed by atoms with Crippen LogP contribution >= 0.6 is 0 Å². The minimum atomic E-state index is -0.788. The second kappa shape index (κ2) is 7.41. The van der Waals surface area contributed by atoms with Gasteiger partial charge in [0.1, 0.15) is 0 Å². The van der Waals surface area contributed by atoms with Crippen molar-refractivity contribution in [2.75, 3.05) is 7.11 Å². The largest absolute Gasteiger partial charge is 0.467 e. The van der Waals surface area contributed by atoms with E-state index < -0.39 is 12.0 Å². The van der Waals surface area contributed by atoms with Crippen LogP contribution in [0.15, 0.2) is 54.6 Å². The third-order valence-electron chi connectivity index (χ3n) is 3.32. The van der Waals surface area contributed by atoms with Gasteiger partial charge < -0.3 is 10.1 Å².